The number of aryl methyl sites for hydroxylation is 1. The molecule has 1 fully saturated rings. The van der Waals surface area contributed by atoms with Crippen LogP contribution in [0.15, 0.2) is 42.5 Å². The normalized spacial score (nSPS) is 17.1. The molecule has 0 spiro atoms. The maximum Gasteiger partial charge on any atom is 0.251 e. The third kappa shape index (κ3) is 3.88. The lowest BCUT2D eigenvalue weighted by Gasteiger charge is -2.19. The Labute approximate surface area is 146 Å². The number of benzene rings is 2. The van der Waals surface area contributed by atoms with Crippen molar-refractivity contribution in [3.63, 3.8) is 0 Å². The number of nitrogens with one attached hydrogen (secondary N) is 1. The topological polar surface area (TPSA) is 32.3 Å². The van der Waals surface area contributed by atoms with Crippen molar-refractivity contribution in [1.82, 2.24) is 5.32 Å². The number of carbonyl (C=O) groups is 1. The van der Waals surface area contributed by atoms with Gasteiger partial charge in [0.15, 0.2) is 0 Å². The van der Waals surface area contributed by atoms with E-state index in [4.69, 9.17) is 11.6 Å². The molecule has 1 N–H and O–H groups in total. The fourth-order valence-corrected chi connectivity index (χ4v) is 3.18. The number of carbonyl (C=O) groups excluding carboxylic acids is 1. The first-order valence-corrected chi connectivity index (χ1v) is 8.45. The van der Waals surface area contributed by atoms with Gasteiger partial charge in [0.05, 0.1) is 0 Å². The molecule has 0 bridgehead atoms. The maximum absolute atomic E-state index is 13.3. The molecule has 0 saturated carbocycles. The number of rotatable bonds is 4. The molecule has 126 valence electrons. The number of hydrogen-bond donors (Lipinski definition) is 1. The van der Waals surface area contributed by atoms with Gasteiger partial charge in [-0.1, -0.05) is 17.7 Å². The highest BCUT2D eigenvalue weighted by Gasteiger charge is 2.23. The Balaban J connectivity index is 1.55. The molecule has 1 aliphatic heterocycles. The summed E-state index contributed by atoms with van der Waals surface area (Å²) in [5.74, 6) is -0.212. The van der Waals surface area contributed by atoms with Crippen molar-refractivity contribution in [2.75, 3.05) is 24.5 Å². The minimum absolute atomic E-state index is 0.211. The third-order valence-electron chi connectivity index (χ3n) is 4.47. The molecule has 24 heavy (non-hydrogen) atoms. The highest BCUT2D eigenvalue weighted by Crippen LogP contribution is 2.25. The fourth-order valence-electron chi connectivity index (χ4n) is 3.06. The van der Waals surface area contributed by atoms with Crippen LogP contribution >= 0.6 is 11.6 Å². The van der Waals surface area contributed by atoms with Crippen LogP contribution in [0.1, 0.15) is 22.3 Å². The summed E-state index contributed by atoms with van der Waals surface area (Å²) in [6, 6.07) is 12.1. The first-order chi connectivity index (χ1) is 11.5. The Morgan fingerprint density at radius 3 is 2.79 bits per heavy atom. The lowest BCUT2D eigenvalue weighted by Crippen LogP contribution is -2.31. The van der Waals surface area contributed by atoms with Gasteiger partial charge < -0.3 is 10.2 Å². The molecule has 3 nitrogen and oxygen atoms in total. The highest BCUT2D eigenvalue weighted by molar-refractivity contribution is 6.30. The van der Waals surface area contributed by atoms with Crippen molar-refractivity contribution < 1.29 is 9.18 Å². The highest BCUT2D eigenvalue weighted by atomic mass is 35.5. The number of halogens is 2. The second-order valence-electron chi connectivity index (χ2n) is 6.25. The first kappa shape index (κ1) is 16.8. The monoisotopic (exact) mass is 346 g/mol. The minimum atomic E-state index is -0.388. The quantitative estimate of drug-likeness (QED) is 0.906. The molecule has 2 aromatic rings. The number of amides is 1. The predicted molar refractivity (Wildman–Crippen MR) is 95.2 cm³/mol. The van der Waals surface area contributed by atoms with E-state index in [0.29, 0.717) is 18.0 Å². The van der Waals surface area contributed by atoms with Crippen LogP contribution in [0.5, 0.6) is 0 Å². The average molecular weight is 347 g/mol. The molecule has 2 aromatic carbocycles. The molecule has 0 aromatic heterocycles. The van der Waals surface area contributed by atoms with E-state index in [1.165, 1.54) is 12.1 Å². The van der Waals surface area contributed by atoms with Crippen molar-refractivity contribution in [3.05, 3.63) is 64.4 Å². The largest absolute Gasteiger partial charge is 0.371 e. The van der Waals surface area contributed by atoms with Crippen molar-refractivity contribution in [3.8, 4) is 0 Å². The zero-order chi connectivity index (χ0) is 17.1. The van der Waals surface area contributed by atoms with E-state index in [1.807, 2.05) is 31.2 Å². The van der Waals surface area contributed by atoms with E-state index < -0.39 is 0 Å². The van der Waals surface area contributed by atoms with E-state index in [1.54, 1.807) is 6.07 Å². The molecular formula is C19H20ClFN2O. The minimum Gasteiger partial charge on any atom is -0.371 e. The van der Waals surface area contributed by atoms with Crippen LogP contribution in [0, 0.1) is 18.7 Å². The SMILES string of the molecule is Cc1ccc(F)cc1C(=O)NCC1CCN(c2ccc(Cl)cc2)C1. The molecule has 1 saturated heterocycles. The van der Waals surface area contributed by atoms with Crippen LogP contribution in [0.25, 0.3) is 0 Å². The van der Waals surface area contributed by atoms with Crippen LogP contribution < -0.4 is 10.2 Å². The van der Waals surface area contributed by atoms with Crippen LogP contribution in [-0.4, -0.2) is 25.5 Å². The summed E-state index contributed by atoms with van der Waals surface area (Å²) in [5.41, 5.74) is 2.33. The zero-order valence-electron chi connectivity index (χ0n) is 13.6. The van der Waals surface area contributed by atoms with Gasteiger partial charge >= 0.3 is 0 Å². The molecule has 1 amide bonds. The van der Waals surface area contributed by atoms with Gasteiger partial charge in [-0.25, -0.2) is 4.39 Å². The first-order valence-electron chi connectivity index (χ1n) is 8.08. The number of anilines is 1. The van der Waals surface area contributed by atoms with Crippen molar-refractivity contribution >= 4 is 23.2 Å². The molecule has 0 aliphatic carbocycles. The lowest BCUT2D eigenvalue weighted by atomic mass is 10.1. The summed E-state index contributed by atoms with van der Waals surface area (Å²) in [5, 5.41) is 3.67. The van der Waals surface area contributed by atoms with Gasteiger partial charge in [-0.15, -0.1) is 0 Å². The van der Waals surface area contributed by atoms with Crippen LogP contribution in [0.4, 0.5) is 10.1 Å². The summed E-state index contributed by atoms with van der Waals surface area (Å²) in [6.07, 6.45) is 1.02. The van der Waals surface area contributed by atoms with Gasteiger partial charge in [0.25, 0.3) is 5.91 Å². The van der Waals surface area contributed by atoms with Gasteiger partial charge in [0.1, 0.15) is 5.82 Å². The van der Waals surface area contributed by atoms with E-state index in [9.17, 15) is 9.18 Å². The molecule has 1 atom stereocenters. The Hall–Kier alpha value is -2.07. The third-order valence-corrected chi connectivity index (χ3v) is 4.73. The standard InChI is InChI=1S/C19H20ClFN2O/c1-13-2-5-16(21)10-18(13)19(24)22-11-14-8-9-23(12-14)17-6-3-15(20)4-7-17/h2-7,10,14H,8-9,11-12H2,1H3,(H,22,24). The van der Waals surface area contributed by atoms with Gasteiger partial charge in [0.2, 0.25) is 0 Å². The van der Waals surface area contributed by atoms with Crippen molar-refractivity contribution in [2.24, 2.45) is 5.92 Å². The van der Waals surface area contributed by atoms with Crippen LogP contribution in [-0.2, 0) is 0 Å². The van der Waals surface area contributed by atoms with Crippen LogP contribution in [0.2, 0.25) is 5.02 Å². The zero-order valence-corrected chi connectivity index (χ0v) is 14.3. The smallest absolute Gasteiger partial charge is 0.251 e. The van der Waals surface area contributed by atoms with Gasteiger partial charge in [0, 0.05) is 35.9 Å². The van der Waals surface area contributed by atoms with E-state index in [2.05, 4.69) is 10.2 Å². The van der Waals surface area contributed by atoms with Gasteiger partial charge in [-0.2, -0.15) is 0 Å². The summed E-state index contributed by atoms with van der Waals surface area (Å²) in [4.78, 5) is 14.5. The Morgan fingerprint density at radius 2 is 2.04 bits per heavy atom. The summed E-state index contributed by atoms with van der Waals surface area (Å²) >= 11 is 5.92. The van der Waals surface area contributed by atoms with Gasteiger partial charge in [-0.3, -0.25) is 4.79 Å². The molecule has 3 rings (SSSR count). The molecule has 5 heteroatoms. The number of nitrogens with zero attached hydrogens (tertiary/aromatic N) is 1. The van der Waals surface area contributed by atoms with Crippen molar-refractivity contribution in [2.45, 2.75) is 13.3 Å². The Kier molecular flexibility index (Phi) is 5.05. The van der Waals surface area contributed by atoms with Crippen molar-refractivity contribution in [1.29, 1.82) is 0 Å². The summed E-state index contributed by atoms with van der Waals surface area (Å²) < 4.78 is 13.3. The molecule has 1 aliphatic rings. The maximum atomic E-state index is 13.3. The van der Waals surface area contributed by atoms with E-state index in [-0.39, 0.29) is 11.7 Å². The summed E-state index contributed by atoms with van der Waals surface area (Å²) in [6.45, 7) is 4.26. The second kappa shape index (κ2) is 7.22. The van der Waals surface area contributed by atoms with Crippen LogP contribution in [0.3, 0.4) is 0 Å². The fraction of sp³-hybridized carbons (Fsp3) is 0.316. The average Bonchev–Trinajstić information content (AvgIpc) is 3.04. The molecular weight excluding hydrogens is 327 g/mol. The Bertz CT molecular complexity index is 733. The second-order valence-corrected chi connectivity index (χ2v) is 6.68. The molecule has 1 unspecified atom stereocenters. The summed E-state index contributed by atoms with van der Waals surface area (Å²) in [7, 11) is 0. The van der Waals surface area contributed by atoms with E-state index in [0.717, 1.165) is 35.8 Å². The Morgan fingerprint density at radius 1 is 1.29 bits per heavy atom. The number of hydrogen-bond acceptors (Lipinski definition) is 2. The lowest BCUT2D eigenvalue weighted by molar-refractivity contribution is 0.0947. The molecule has 0 radical (unpaired) electrons. The molecule has 1 heterocycles. The predicted octanol–water partition coefficient (Wildman–Crippen LogP) is 4.04. The van der Waals surface area contributed by atoms with E-state index >= 15 is 0 Å². The van der Waals surface area contributed by atoms with Gasteiger partial charge in [-0.05, 0) is 61.2 Å².